The van der Waals surface area contributed by atoms with E-state index in [1.54, 1.807) is 43.5 Å². The number of carbonyl (C=O) groups is 2. The Morgan fingerprint density at radius 2 is 1.90 bits per heavy atom. The molecule has 8 heteroatoms. The molecule has 0 aromatic heterocycles. The summed E-state index contributed by atoms with van der Waals surface area (Å²) < 4.78 is 18.2. The van der Waals surface area contributed by atoms with E-state index in [4.69, 9.17) is 17.0 Å². The molecule has 0 spiro atoms. The normalized spacial score (nSPS) is 23.0. The molecule has 0 bridgehead atoms. The van der Waals surface area contributed by atoms with Crippen LogP contribution in [0.5, 0.6) is 5.75 Å². The van der Waals surface area contributed by atoms with Gasteiger partial charge in [-0.25, -0.2) is 4.39 Å². The molecule has 2 fully saturated rings. The quantitative estimate of drug-likeness (QED) is 0.698. The summed E-state index contributed by atoms with van der Waals surface area (Å²) >= 11 is 5.48. The third-order valence-electron chi connectivity index (χ3n) is 5.98. The zero-order valence-corrected chi connectivity index (χ0v) is 18.0. The molecule has 6 nitrogen and oxygen atoms in total. The van der Waals surface area contributed by atoms with Crippen molar-refractivity contribution in [1.82, 2.24) is 10.6 Å². The highest BCUT2D eigenvalue weighted by atomic mass is 32.1. The number of fused-ring (bicyclic) bond motifs is 1. The SMILES string of the molecule is COc1ccc(N2C(=O)C3CCC(C(=O)NCc4ccc(F)cc4)CC3NC2=S)cc1. The Balaban J connectivity index is 1.38. The predicted molar refractivity (Wildman–Crippen MR) is 119 cm³/mol. The van der Waals surface area contributed by atoms with Crippen molar-refractivity contribution in [3.63, 3.8) is 0 Å². The van der Waals surface area contributed by atoms with Crippen molar-refractivity contribution >= 4 is 34.8 Å². The molecule has 31 heavy (non-hydrogen) atoms. The van der Waals surface area contributed by atoms with E-state index in [2.05, 4.69) is 10.6 Å². The van der Waals surface area contributed by atoms with Gasteiger partial charge in [0, 0.05) is 18.5 Å². The molecule has 3 atom stereocenters. The van der Waals surface area contributed by atoms with E-state index in [1.165, 1.54) is 17.0 Å². The summed E-state index contributed by atoms with van der Waals surface area (Å²) in [6, 6.07) is 13.1. The fourth-order valence-electron chi connectivity index (χ4n) is 4.26. The molecule has 1 aliphatic heterocycles. The first-order valence-electron chi connectivity index (χ1n) is 10.3. The number of ether oxygens (including phenoxy) is 1. The highest BCUT2D eigenvalue weighted by Gasteiger charge is 2.44. The molecule has 2 N–H and O–H groups in total. The summed E-state index contributed by atoms with van der Waals surface area (Å²) in [6.07, 6.45) is 1.79. The fourth-order valence-corrected chi connectivity index (χ4v) is 4.61. The monoisotopic (exact) mass is 441 g/mol. The third-order valence-corrected chi connectivity index (χ3v) is 6.28. The van der Waals surface area contributed by atoms with E-state index in [-0.39, 0.29) is 35.5 Å². The first-order valence-corrected chi connectivity index (χ1v) is 10.7. The van der Waals surface area contributed by atoms with Gasteiger partial charge in [0.1, 0.15) is 11.6 Å². The van der Waals surface area contributed by atoms with Crippen LogP contribution < -0.4 is 20.3 Å². The van der Waals surface area contributed by atoms with Gasteiger partial charge in [0.2, 0.25) is 11.8 Å². The van der Waals surface area contributed by atoms with Crippen molar-refractivity contribution in [2.75, 3.05) is 12.0 Å². The van der Waals surface area contributed by atoms with E-state index in [0.717, 1.165) is 5.56 Å². The summed E-state index contributed by atoms with van der Waals surface area (Å²) in [5, 5.41) is 6.55. The van der Waals surface area contributed by atoms with Crippen LogP contribution in [-0.2, 0) is 16.1 Å². The Kier molecular flexibility index (Phi) is 6.18. The number of amides is 2. The molecule has 3 unspecified atom stereocenters. The molecule has 2 aromatic carbocycles. The minimum absolute atomic E-state index is 0.0379. The smallest absolute Gasteiger partial charge is 0.238 e. The van der Waals surface area contributed by atoms with Crippen LogP contribution in [0.1, 0.15) is 24.8 Å². The molecule has 2 aromatic rings. The Morgan fingerprint density at radius 1 is 1.19 bits per heavy atom. The van der Waals surface area contributed by atoms with E-state index in [1.807, 2.05) is 0 Å². The van der Waals surface area contributed by atoms with Crippen LogP contribution in [0.25, 0.3) is 0 Å². The topological polar surface area (TPSA) is 70.7 Å². The second kappa shape index (κ2) is 9.01. The number of nitrogens with one attached hydrogen (secondary N) is 2. The van der Waals surface area contributed by atoms with Crippen LogP contribution in [0, 0.1) is 17.7 Å². The van der Waals surface area contributed by atoms with Crippen molar-refractivity contribution in [1.29, 1.82) is 0 Å². The van der Waals surface area contributed by atoms with Crippen LogP contribution >= 0.6 is 12.2 Å². The zero-order valence-electron chi connectivity index (χ0n) is 17.1. The van der Waals surface area contributed by atoms with Crippen molar-refractivity contribution in [3.05, 3.63) is 59.9 Å². The molecular formula is C23H24FN3O3S. The van der Waals surface area contributed by atoms with Crippen molar-refractivity contribution in [2.45, 2.75) is 31.8 Å². The Morgan fingerprint density at radius 3 is 2.58 bits per heavy atom. The maximum atomic E-state index is 13.2. The highest BCUT2D eigenvalue weighted by Crippen LogP contribution is 2.35. The lowest BCUT2D eigenvalue weighted by molar-refractivity contribution is -0.130. The van der Waals surface area contributed by atoms with Crippen LogP contribution in [-0.4, -0.2) is 30.1 Å². The van der Waals surface area contributed by atoms with E-state index in [9.17, 15) is 14.0 Å². The summed E-state index contributed by atoms with van der Waals surface area (Å²) in [4.78, 5) is 27.4. The average Bonchev–Trinajstić information content (AvgIpc) is 2.78. The molecular weight excluding hydrogens is 417 g/mol. The average molecular weight is 442 g/mol. The molecule has 1 saturated carbocycles. The molecule has 0 radical (unpaired) electrons. The third kappa shape index (κ3) is 4.54. The lowest BCUT2D eigenvalue weighted by Gasteiger charge is -2.43. The standard InChI is InChI=1S/C23H24FN3O3S/c1-30-18-9-7-17(8-10-18)27-22(29)19-11-4-15(12-20(19)26-23(27)31)21(28)25-13-14-2-5-16(24)6-3-14/h2-3,5-10,15,19-20H,4,11-13H2,1H3,(H,25,28)(H,26,31). The van der Waals surface area contributed by atoms with Gasteiger partial charge in [-0.15, -0.1) is 0 Å². The van der Waals surface area contributed by atoms with Gasteiger partial charge in [-0.05, 0) is 73.4 Å². The lowest BCUT2D eigenvalue weighted by Crippen LogP contribution is -2.62. The van der Waals surface area contributed by atoms with Gasteiger partial charge in [-0.1, -0.05) is 12.1 Å². The second-order valence-electron chi connectivity index (χ2n) is 7.89. The number of nitrogens with zero attached hydrogens (tertiary/aromatic N) is 1. The highest BCUT2D eigenvalue weighted by molar-refractivity contribution is 7.80. The number of halogens is 1. The summed E-state index contributed by atoms with van der Waals surface area (Å²) in [6.45, 7) is 0.347. The maximum absolute atomic E-state index is 13.2. The lowest BCUT2D eigenvalue weighted by atomic mass is 9.76. The number of methoxy groups -OCH3 is 1. The Labute approximate surface area is 185 Å². The Hall–Kier alpha value is -3.00. The maximum Gasteiger partial charge on any atom is 0.238 e. The van der Waals surface area contributed by atoms with E-state index < -0.39 is 0 Å². The summed E-state index contributed by atoms with van der Waals surface area (Å²) in [5.41, 5.74) is 1.53. The summed E-state index contributed by atoms with van der Waals surface area (Å²) in [7, 11) is 1.59. The second-order valence-corrected chi connectivity index (χ2v) is 8.28. The van der Waals surface area contributed by atoms with Crippen LogP contribution in [0.2, 0.25) is 0 Å². The zero-order chi connectivity index (χ0) is 22.0. The van der Waals surface area contributed by atoms with Crippen LogP contribution in [0.4, 0.5) is 10.1 Å². The molecule has 1 aliphatic carbocycles. The van der Waals surface area contributed by atoms with Crippen molar-refractivity contribution < 1.29 is 18.7 Å². The van der Waals surface area contributed by atoms with Crippen molar-refractivity contribution in [3.8, 4) is 5.75 Å². The predicted octanol–water partition coefficient (Wildman–Crippen LogP) is 3.16. The number of benzene rings is 2. The number of thiocarbonyl (C=S) groups is 1. The van der Waals surface area contributed by atoms with Gasteiger partial charge in [-0.2, -0.15) is 0 Å². The number of anilines is 1. The molecule has 4 rings (SSSR count). The van der Waals surface area contributed by atoms with Gasteiger partial charge < -0.3 is 15.4 Å². The number of hydrogen-bond donors (Lipinski definition) is 2. The molecule has 162 valence electrons. The van der Waals surface area contributed by atoms with Crippen LogP contribution in [0.15, 0.2) is 48.5 Å². The largest absolute Gasteiger partial charge is 0.497 e. The first kappa shape index (κ1) is 21.2. The van der Waals surface area contributed by atoms with Gasteiger partial charge in [0.15, 0.2) is 5.11 Å². The van der Waals surface area contributed by atoms with Crippen LogP contribution in [0.3, 0.4) is 0 Å². The molecule has 2 aliphatic rings. The van der Waals surface area contributed by atoms with Gasteiger partial charge >= 0.3 is 0 Å². The first-order chi connectivity index (χ1) is 15.0. The van der Waals surface area contributed by atoms with E-state index in [0.29, 0.717) is 42.4 Å². The molecule has 2 amide bonds. The summed E-state index contributed by atoms with van der Waals surface area (Å²) in [5.74, 6) is -0.116. The number of carbonyl (C=O) groups excluding carboxylic acids is 2. The van der Waals surface area contributed by atoms with Gasteiger partial charge in [0.25, 0.3) is 0 Å². The van der Waals surface area contributed by atoms with Gasteiger partial charge in [0.05, 0.1) is 18.7 Å². The fraction of sp³-hybridized carbons (Fsp3) is 0.348. The molecule has 1 saturated heterocycles. The van der Waals surface area contributed by atoms with E-state index >= 15 is 0 Å². The van der Waals surface area contributed by atoms with Crippen molar-refractivity contribution in [2.24, 2.45) is 11.8 Å². The minimum Gasteiger partial charge on any atom is -0.497 e. The number of hydrogen-bond acceptors (Lipinski definition) is 4. The minimum atomic E-state index is -0.305. The molecule has 1 heterocycles. The number of rotatable bonds is 5. The Bertz CT molecular complexity index is 981. The van der Waals surface area contributed by atoms with Gasteiger partial charge in [-0.3, -0.25) is 14.5 Å².